The third kappa shape index (κ3) is 3.11. The fourth-order valence-electron chi connectivity index (χ4n) is 2.51. The molecule has 21 heavy (non-hydrogen) atoms. The minimum absolute atomic E-state index is 0.129. The molecular weight excluding hydrogens is 268 g/mol. The molecule has 0 bridgehead atoms. The third-order valence-electron chi connectivity index (χ3n) is 3.77. The number of nitrogens with one attached hydrogen (secondary N) is 2. The number of aromatic nitrogens is 2. The van der Waals surface area contributed by atoms with E-state index in [1.54, 1.807) is 18.5 Å². The van der Waals surface area contributed by atoms with Crippen LogP contribution in [0.15, 0.2) is 35.1 Å². The number of nitrogens with zero attached hydrogens (tertiary/aromatic N) is 2. The Kier molecular flexibility index (Phi) is 3.96. The van der Waals surface area contributed by atoms with Gasteiger partial charge < -0.3 is 15.2 Å². The summed E-state index contributed by atoms with van der Waals surface area (Å²) in [5.41, 5.74) is 1.10. The zero-order valence-corrected chi connectivity index (χ0v) is 11.9. The summed E-state index contributed by atoms with van der Waals surface area (Å²) in [6.07, 6.45) is 5.41. The van der Waals surface area contributed by atoms with E-state index in [0.717, 1.165) is 24.9 Å². The SMILES string of the molecule is CC1NCCCC1NC(=O)c1cc(-c2cccnc2)on1. The van der Waals surface area contributed by atoms with Gasteiger partial charge in [-0.05, 0) is 38.4 Å². The first-order valence-corrected chi connectivity index (χ1v) is 7.15. The maximum absolute atomic E-state index is 12.2. The van der Waals surface area contributed by atoms with Gasteiger partial charge in [-0.2, -0.15) is 0 Å². The van der Waals surface area contributed by atoms with Crippen LogP contribution in [0.5, 0.6) is 0 Å². The van der Waals surface area contributed by atoms with Crippen LogP contribution in [0.4, 0.5) is 0 Å². The van der Waals surface area contributed by atoms with E-state index in [1.807, 2.05) is 12.1 Å². The third-order valence-corrected chi connectivity index (χ3v) is 3.77. The first kappa shape index (κ1) is 13.8. The number of amides is 1. The van der Waals surface area contributed by atoms with Gasteiger partial charge in [0.2, 0.25) is 0 Å². The van der Waals surface area contributed by atoms with Gasteiger partial charge >= 0.3 is 0 Å². The molecule has 1 amide bonds. The van der Waals surface area contributed by atoms with Crippen molar-refractivity contribution in [2.24, 2.45) is 0 Å². The normalized spacial score (nSPS) is 22.0. The van der Waals surface area contributed by atoms with Crippen LogP contribution in [-0.4, -0.2) is 34.7 Å². The van der Waals surface area contributed by atoms with Crippen molar-refractivity contribution in [1.29, 1.82) is 0 Å². The molecule has 6 heteroatoms. The molecule has 3 rings (SSSR count). The van der Waals surface area contributed by atoms with Crippen LogP contribution >= 0.6 is 0 Å². The Morgan fingerprint density at radius 2 is 2.43 bits per heavy atom. The minimum Gasteiger partial charge on any atom is -0.355 e. The van der Waals surface area contributed by atoms with Crippen molar-refractivity contribution in [3.63, 3.8) is 0 Å². The lowest BCUT2D eigenvalue weighted by Gasteiger charge is -2.30. The molecule has 0 aromatic carbocycles. The molecule has 1 aliphatic heterocycles. The van der Waals surface area contributed by atoms with E-state index in [2.05, 4.69) is 27.7 Å². The van der Waals surface area contributed by atoms with Gasteiger partial charge in [0.05, 0.1) is 0 Å². The number of hydrogen-bond acceptors (Lipinski definition) is 5. The fourth-order valence-corrected chi connectivity index (χ4v) is 2.51. The molecule has 3 heterocycles. The Hall–Kier alpha value is -2.21. The molecule has 1 aliphatic rings. The van der Waals surface area contributed by atoms with Gasteiger partial charge in [-0.3, -0.25) is 9.78 Å². The van der Waals surface area contributed by atoms with Gasteiger partial charge in [0, 0.05) is 36.1 Å². The maximum Gasteiger partial charge on any atom is 0.273 e. The van der Waals surface area contributed by atoms with Crippen LogP contribution in [0, 0.1) is 0 Å². The molecule has 2 aromatic heterocycles. The summed E-state index contributed by atoms with van der Waals surface area (Å²) in [6, 6.07) is 5.72. The second kappa shape index (κ2) is 6.05. The number of carbonyl (C=O) groups is 1. The van der Waals surface area contributed by atoms with Crippen molar-refractivity contribution in [2.75, 3.05) is 6.54 Å². The molecule has 6 nitrogen and oxygen atoms in total. The number of carbonyl (C=O) groups excluding carboxylic acids is 1. The van der Waals surface area contributed by atoms with E-state index in [1.165, 1.54) is 0 Å². The van der Waals surface area contributed by atoms with Crippen LogP contribution in [0.3, 0.4) is 0 Å². The molecular formula is C15H18N4O2. The molecule has 2 unspecified atom stereocenters. The summed E-state index contributed by atoms with van der Waals surface area (Å²) in [5.74, 6) is 0.345. The molecule has 2 N–H and O–H groups in total. The van der Waals surface area contributed by atoms with Crippen molar-refractivity contribution >= 4 is 5.91 Å². The van der Waals surface area contributed by atoms with Crippen LogP contribution in [0.1, 0.15) is 30.3 Å². The summed E-state index contributed by atoms with van der Waals surface area (Å²) in [4.78, 5) is 16.2. The molecule has 0 saturated carbocycles. The second-order valence-electron chi connectivity index (χ2n) is 5.28. The molecule has 0 radical (unpaired) electrons. The lowest BCUT2D eigenvalue weighted by molar-refractivity contribution is 0.0910. The van der Waals surface area contributed by atoms with Crippen LogP contribution < -0.4 is 10.6 Å². The van der Waals surface area contributed by atoms with Gasteiger partial charge in [0.15, 0.2) is 11.5 Å². The van der Waals surface area contributed by atoms with E-state index >= 15 is 0 Å². The summed E-state index contributed by atoms with van der Waals surface area (Å²) in [5, 5.41) is 10.2. The van der Waals surface area contributed by atoms with Gasteiger partial charge in [0.25, 0.3) is 5.91 Å². The Labute approximate surface area is 122 Å². The Morgan fingerprint density at radius 3 is 3.19 bits per heavy atom. The Balaban J connectivity index is 1.69. The van der Waals surface area contributed by atoms with Crippen LogP contribution in [-0.2, 0) is 0 Å². The average molecular weight is 286 g/mol. The quantitative estimate of drug-likeness (QED) is 0.896. The number of hydrogen-bond donors (Lipinski definition) is 2. The fraction of sp³-hybridized carbons (Fsp3) is 0.400. The summed E-state index contributed by atoms with van der Waals surface area (Å²) < 4.78 is 5.22. The summed E-state index contributed by atoms with van der Waals surface area (Å²) >= 11 is 0. The smallest absolute Gasteiger partial charge is 0.273 e. The van der Waals surface area contributed by atoms with Crippen molar-refractivity contribution < 1.29 is 9.32 Å². The minimum atomic E-state index is -0.200. The summed E-state index contributed by atoms with van der Waals surface area (Å²) in [6.45, 7) is 3.08. The van der Waals surface area contributed by atoms with E-state index in [-0.39, 0.29) is 18.0 Å². The monoisotopic (exact) mass is 286 g/mol. The van der Waals surface area contributed by atoms with Crippen molar-refractivity contribution in [2.45, 2.75) is 31.8 Å². The van der Waals surface area contributed by atoms with Gasteiger partial charge in [-0.15, -0.1) is 0 Å². The first-order chi connectivity index (χ1) is 10.2. The van der Waals surface area contributed by atoms with Gasteiger partial charge in [0.1, 0.15) is 0 Å². The van der Waals surface area contributed by atoms with Crippen molar-refractivity contribution in [1.82, 2.24) is 20.8 Å². The van der Waals surface area contributed by atoms with Gasteiger partial charge in [-0.1, -0.05) is 5.16 Å². The van der Waals surface area contributed by atoms with Gasteiger partial charge in [-0.25, -0.2) is 0 Å². The molecule has 0 aliphatic carbocycles. The van der Waals surface area contributed by atoms with E-state index in [9.17, 15) is 4.79 Å². The van der Waals surface area contributed by atoms with Crippen molar-refractivity contribution in [3.8, 4) is 11.3 Å². The van der Waals surface area contributed by atoms with Crippen molar-refractivity contribution in [3.05, 3.63) is 36.3 Å². The zero-order chi connectivity index (χ0) is 14.7. The highest BCUT2D eigenvalue weighted by molar-refractivity contribution is 5.93. The van der Waals surface area contributed by atoms with E-state index in [4.69, 9.17) is 4.52 Å². The first-order valence-electron chi connectivity index (χ1n) is 7.15. The lowest BCUT2D eigenvalue weighted by Crippen LogP contribution is -2.51. The largest absolute Gasteiger partial charge is 0.355 e. The number of piperidine rings is 1. The number of rotatable bonds is 3. The topological polar surface area (TPSA) is 80.0 Å². The highest BCUT2D eigenvalue weighted by Crippen LogP contribution is 2.19. The number of pyridine rings is 1. The van der Waals surface area contributed by atoms with Crippen LogP contribution in [0.2, 0.25) is 0 Å². The Morgan fingerprint density at radius 1 is 1.52 bits per heavy atom. The lowest BCUT2D eigenvalue weighted by atomic mass is 10.00. The molecule has 1 saturated heterocycles. The standard InChI is InChI=1S/C15H18N4O2/c1-10-12(5-3-7-17-10)18-15(20)13-8-14(21-19-13)11-4-2-6-16-9-11/h2,4,6,8-10,12,17H,3,5,7H2,1H3,(H,18,20). The Bertz CT molecular complexity index is 611. The average Bonchev–Trinajstić information content (AvgIpc) is 3.00. The predicted molar refractivity (Wildman–Crippen MR) is 77.7 cm³/mol. The maximum atomic E-state index is 12.2. The molecule has 2 aromatic rings. The molecule has 1 fully saturated rings. The predicted octanol–water partition coefficient (Wildman–Crippen LogP) is 1.61. The van der Waals surface area contributed by atoms with E-state index in [0.29, 0.717) is 11.5 Å². The molecule has 110 valence electrons. The molecule has 0 spiro atoms. The zero-order valence-electron chi connectivity index (χ0n) is 11.9. The van der Waals surface area contributed by atoms with E-state index < -0.39 is 0 Å². The van der Waals surface area contributed by atoms with Crippen LogP contribution in [0.25, 0.3) is 11.3 Å². The summed E-state index contributed by atoms with van der Waals surface area (Å²) in [7, 11) is 0. The highest BCUT2D eigenvalue weighted by atomic mass is 16.5. The second-order valence-corrected chi connectivity index (χ2v) is 5.28. The molecule has 2 atom stereocenters. The highest BCUT2D eigenvalue weighted by Gasteiger charge is 2.24.